The van der Waals surface area contributed by atoms with E-state index in [1.165, 1.54) is 28.9 Å². The molecular formula is C13H19NS. The van der Waals surface area contributed by atoms with Gasteiger partial charge in [-0.3, -0.25) is 0 Å². The third-order valence-corrected chi connectivity index (χ3v) is 4.30. The Bertz CT molecular complexity index is 354. The minimum absolute atomic E-state index is 0.210. The molecule has 1 unspecified atom stereocenters. The van der Waals surface area contributed by atoms with Crippen molar-refractivity contribution in [3.05, 3.63) is 29.3 Å². The Kier molecular flexibility index (Phi) is 3.08. The maximum absolute atomic E-state index is 3.61. The second-order valence-corrected chi connectivity index (χ2v) is 5.39. The monoisotopic (exact) mass is 221 g/mol. The second-order valence-electron chi connectivity index (χ2n) is 4.55. The highest BCUT2D eigenvalue weighted by Gasteiger charge is 2.29. The minimum Gasteiger partial charge on any atom is -0.308 e. The van der Waals surface area contributed by atoms with Crippen LogP contribution in [0.4, 0.5) is 0 Å². The van der Waals surface area contributed by atoms with Gasteiger partial charge >= 0.3 is 0 Å². The normalized spacial score (nSPS) is 25.8. The van der Waals surface area contributed by atoms with Crippen LogP contribution in [0.3, 0.4) is 0 Å². The van der Waals surface area contributed by atoms with Crippen LogP contribution in [-0.4, -0.2) is 12.8 Å². The summed E-state index contributed by atoms with van der Waals surface area (Å²) in [5.41, 5.74) is 3.05. The predicted octanol–water partition coefficient (Wildman–Crippen LogP) is 3.32. The molecule has 0 radical (unpaired) electrons. The number of nitrogens with one attached hydrogen (secondary N) is 1. The largest absolute Gasteiger partial charge is 0.308 e. The summed E-state index contributed by atoms with van der Waals surface area (Å²) >= 11 is 1.83. The van der Waals surface area contributed by atoms with Crippen molar-refractivity contribution in [3.63, 3.8) is 0 Å². The van der Waals surface area contributed by atoms with E-state index < -0.39 is 0 Å². The second kappa shape index (κ2) is 4.18. The number of benzene rings is 1. The molecule has 82 valence electrons. The molecule has 15 heavy (non-hydrogen) atoms. The number of thioether (sulfide) groups is 1. The van der Waals surface area contributed by atoms with Crippen LogP contribution in [-0.2, 0) is 5.54 Å². The fourth-order valence-corrected chi connectivity index (χ4v) is 2.95. The van der Waals surface area contributed by atoms with Crippen LogP contribution in [0.15, 0.2) is 23.1 Å². The van der Waals surface area contributed by atoms with Gasteiger partial charge in [0.1, 0.15) is 0 Å². The third kappa shape index (κ3) is 2.06. The zero-order chi connectivity index (χ0) is 10.9. The van der Waals surface area contributed by atoms with E-state index in [9.17, 15) is 0 Å². The maximum atomic E-state index is 3.61. The first-order valence-electron chi connectivity index (χ1n) is 5.56. The molecule has 1 saturated heterocycles. The van der Waals surface area contributed by atoms with Crippen molar-refractivity contribution in [2.75, 3.05) is 12.8 Å². The number of rotatable bonds is 2. The molecular weight excluding hydrogens is 202 g/mol. The van der Waals surface area contributed by atoms with Crippen LogP contribution in [0.5, 0.6) is 0 Å². The van der Waals surface area contributed by atoms with Gasteiger partial charge in [-0.25, -0.2) is 0 Å². The van der Waals surface area contributed by atoms with Crippen molar-refractivity contribution in [1.82, 2.24) is 5.32 Å². The Morgan fingerprint density at radius 3 is 2.73 bits per heavy atom. The molecule has 1 atom stereocenters. The van der Waals surface area contributed by atoms with E-state index in [2.05, 4.69) is 43.6 Å². The van der Waals surface area contributed by atoms with E-state index in [4.69, 9.17) is 0 Å². The van der Waals surface area contributed by atoms with Crippen LogP contribution in [0.25, 0.3) is 0 Å². The van der Waals surface area contributed by atoms with Crippen molar-refractivity contribution in [1.29, 1.82) is 0 Å². The van der Waals surface area contributed by atoms with E-state index in [-0.39, 0.29) is 5.54 Å². The summed E-state index contributed by atoms with van der Waals surface area (Å²) in [7, 11) is 0. The molecule has 1 aliphatic heterocycles. The molecule has 1 N–H and O–H groups in total. The summed E-state index contributed by atoms with van der Waals surface area (Å²) in [6.07, 6.45) is 4.68. The van der Waals surface area contributed by atoms with E-state index in [0.29, 0.717) is 0 Å². The van der Waals surface area contributed by atoms with Crippen LogP contribution >= 0.6 is 11.8 Å². The quantitative estimate of drug-likeness (QED) is 0.769. The first-order valence-corrected chi connectivity index (χ1v) is 6.78. The summed E-state index contributed by atoms with van der Waals surface area (Å²) in [6, 6.07) is 6.86. The standard InChI is InChI=1S/C13H19NS/c1-10-9-11(5-6-12(10)15-3)13(2)7-4-8-14-13/h5-6,9,14H,4,7-8H2,1-3H3. The van der Waals surface area contributed by atoms with Gasteiger partial charge in [0.15, 0.2) is 0 Å². The van der Waals surface area contributed by atoms with Crippen molar-refractivity contribution in [2.45, 2.75) is 37.1 Å². The van der Waals surface area contributed by atoms with Crippen molar-refractivity contribution < 1.29 is 0 Å². The first-order chi connectivity index (χ1) is 7.15. The molecule has 1 aliphatic rings. The van der Waals surface area contributed by atoms with Crippen LogP contribution < -0.4 is 5.32 Å². The fraction of sp³-hybridized carbons (Fsp3) is 0.538. The minimum atomic E-state index is 0.210. The lowest BCUT2D eigenvalue weighted by Crippen LogP contribution is -2.33. The van der Waals surface area contributed by atoms with Gasteiger partial charge in [-0.05, 0) is 56.7 Å². The molecule has 0 amide bonds. The summed E-state index contributed by atoms with van der Waals surface area (Å²) in [4.78, 5) is 1.39. The van der Waals surface area contributed by atoms with Gasteiger partial charge in [-0.15, -0.1) is 11.8 Å². The highest BCUT2D eigenvalue weighted by atomic mass is 32.2. The highest BCUT2D eigenvalue weighted by molar-refractivity contribution is 7.98. The van der Waals surface area contributed by atoms with Gasteiger partial charge in [-0.1, -0.05) is 12.1 Å². The van der Waals surface area contributed by atoms with Gasteiger partial charge in [0, 0.05) is 10.4 Å². The molecule has 0 aromatic heterocycles. The Hall–Kier alpha value is -0.470. The van der Waals surface area contributed by atoms with E-state index >= 15 is 0 Å². The SMILES string of the molecule is CSc1ccc(C2(C)CCCN2)cc1C. The topological polar surface area (TPSA) is 12.0 Å². The Morgan fingerprint density at radius 2 is 2.20 bits per heavy atom. The molecule has 1 aromatic rings. The van der Waals surface area contributed by atoms with Crippen LogP contribution in [0, 0.1) is 6.92 Å². The van der Waals surface area contributed by atoms with Gasteiger partial charge in [-0.2, -0.15) is 0 Å². The smallest absolute Gasteiger partial charge is 0.0406 e. The highest BCUT2D eigenvalue weighted by Crippen LogP contribution is 2.32. The zero-order valence-electron chi connectivity index (χ0n) is 9.76. The van der Waals surface area contributed by atoms with Gasteiger partial charge in [0.2, 0.25) is 0 Å². The molecule has 1 aromatic carbocycles. The summed E-state index contributed by atoms with van der Waals surface area (Å²) < 4.78 is 0. The van der Waals surface area contributed by atoms with E-state index in [1.807, 2.05) is 11.8 Å². The van der Waals surface area contributed by atoms with Crippen molar-refractivity contribution in [2.24, 2.45) is 0 Å². The van der Waals surface area contributed by atoms with Crippen LogP contribution in [0.2, 0.25) is 0 Å². The maximum Gasteiger partial charge on any atom is 0.0406 e. The molecule has 1 fully saturated rings. The lowest BCUT2D eigenvalue weighted by atomic mass is 9.90. The van der Waals surface area contributed by atoms with Gasteiger partial charge < -0.3 is 5.32 Å². The predicted molar refractivity (Wildman–Crippen MR) is 67.5 cm³/mol. The molecule has 2 rings (SSSR count). The zero-order valence-corrected chi connectivity index (χ0v) is 10.6. The molecule has 0 aliphatic carbocycles. The molecule has 1 nitrogen and oxygen atoms in total. The summed E-state index contributed by atoms with van der Waals surface area (Å²) in [6.45, 7) is 5.67. The van der Waals surface area contributed by atoms with Gasteiger partial charge in [0.25, 0.3) is 0 Å². The average molecular weight is 221 g/mol. The summed E-state index contributed by atoms with van der Waals surface area (Å²) in [5, 5.41) is 3.61. The summed E-state index contributed by atoms with van der Waals surface area (Å²) in [5.74, 6) is 0. The third-order valence-electron chi connectivity index (χ3n) is 3.40. The number of hydrogen-bond donors (Lipinski definition) is 1. The van der Waals surface area contributed by atoms with E-state index in [0.717, 1.165) is 6.54 Å². The van der Waals surface area contributed by atoms with Crippen LogP contribution in [0.1, 0.15) is 30.9 Å². The fourth-order valence-electron chi connectivity index (χ4n) is 2.36. The van der Waals surface area contributed by atoms with E-state index in [1.54, 1.807) is 0 Å². The Balaban J connectivity index is 2.33. The molecule has 2 heteroatoms. The Labute approximate surface area is 96.7 Å². The molecule has 0 bridgehead atoms. The number of aryl methyl sites for hydroxylation is 1. The average Bonchev–Trinajstić information content (AvgIpc) is 2.66. The molecule has 1 heterocycles. The molecule has 0 spiro atoms. The number of hydrogen-bond acceptors (Lipinski definition) is 2. The van der Waals surface area contributed by atoms with Crippen molar-refractivity contribution >= 4 is 11.8 Å². The lowest BCUT2D eigenvalue weighted by Gasteiger charge is -2.25. The van der Waals surface area contributed by atoms with Crippen molar-refractivity contribution in [3.8, 4) is 0 Å². The Morgan fingerprint density at radius 1 is 1.40 bits per heavy atom. The van der Waals surface area contributed by atoms with Gasteiger partial charge in [0.05, 0.1) is 0 Å². The first kappa shape index (κ1) is 11.0. The lowest BCUT2D eigenvalue weighted by molar-refractivity contribution is 0.434. The molecule has 0 saturated carbocycles.